The molecule has 2 aliphatic rings. The van der Waals surface area contributed by atoms with Gasteiger partial charge in [-0.05, 0) is 27.2 Å². The number of imide groups is 2. The molecule has 2 atom stereocenters. The first-order valence-electron chi connectivity index (χ1n) is 7.41. The Hall–Kier alpha value is -1.80. The normalized spacial score (nSPS) is 30.7. The Morgan fingerprint density at radius 1 is 0.955 bits per heavy atom. The van der Waals surface area contributed by atoms with E-state index in [0.717, 1.165) is 0 Å². The molecule has 2 N–H and O–H groups in total. The number of nitrogens with one attached hydrogen (secondary N) is 2. The Morgan fingerprint density at radius 3 is 1.64 bits per heavy atom. The molecule has 4 amide bonds. The topological polar surface area (TPSA) is 98.8 Å². The fraction of sp³-hybridized carbons (Fsp3) is 0.714. The maximum atomic E-state index is 11.9. The molecular weight excluding hydrogens is 288 g/mol. The zero-order valence-corrected chi connectivity index (χ0v) is 13.3. The van der Waals surface area contributed by atoms with Crippen molar-refractivity contribution < 1.29 is 19.2 Å². The Labute approximate surface area is 129 Å². The van der Waals surface area contributed by atoms with Gasteiger partial charge in [-0.2, -0.15) is 0 Å². The maximum Gasteiger partial charge on any atom is 0.243 e. The molecule has 2 fully saturated rings. The zero-order valence-electron chi connectivity index (χ0n) is 13.3. The van der Waals surface area contributed by atoms with Gasteiger partial charge in [-0.15, -0.1) is 0 Å². The first-order valence-corrected chi connectivity index (χ1v) is 7.41. The van der Waals surface area contributed by atoms with E-state index in [1.807, 2.05) is 13.8 Å². The van der Waals surface area contributed by atoms with Crippen molar-refractivity contribution in [3.63, 3.8) is 0 Å². The van der Waals surface area contributed by atoms with Crippen molar-refractivity contribution >= 4 is 23.6 Å². The summed E-state index contributed by atoms with van der Waals surface area (Å²) < 4.78 is 0. The number of piperazine rings is 2. The number of nitrogens with zero attached hydrogens (tertiary/aromatic N) is 2. The van der Waals surface area contributed by atoms with Crippen LogP contribution >= 0.6 is 0 Å². The lowest BCUT2D eigenvalue weighted by Gasteiger charge is -2.53. The Morgan fingerprint density at radius 2 is 1.32 bits per heavy atom. The van der Waals surface area contributed by atoms with Crippen LogP contribution in [0, 0.1) is 0 Å². The number of amides is 4. The number of rotatable bonds is 3. The van der Waals surface area contributed by atoms with E-state index in [-0.39, 0.29) is 36.7 Å². The van der Waals surface area contributed by atoms with Crippen LogP contribution in [0.2, 0.25) is 0 Å². The smallest absolute Gasteiger partial charge is 0.243 e. The predicted octanol–water partition coefficient (Wildman–Crippen LogP) is -1.19. The minimum absolute atomic E-state index is 0.0519. The second-order valence-electron chi connectivity index (χ2n) is 6.00. The maximum absolute atomic E-state index is 11.9. The summed E-state index contributed by atoms with van der Waals surface area (Å²) in [6.45, 7) is 7.30. The molecular formula is C14H22N4O4. The Bertz CT molecular complexity index is 491. The summed E-state index contributed by atoms with van der Waals surface area (Å²) in [7, 11) is 0. The summed E-state index contributed by atoms with van der Waals surface area (Å²) in [6.07, 6.45) is 0.558. The number of carbonyl (C=O) groups is 4. The van der Waals surface area contributed by atoms with Crippen LogP contribution in [0.1, 0.15) is 34.1 Å². The Balaban J connectivity index is 2.38. The van der Waals surface area contributed by atoms with Crippen LogP contribution in [-0.4, -0.2) is 64.3 Å². The van der Waals surface area contributed by atoms with E-state index in [2.05, 4.69) is 10.6 Å². The van der Waals surface area contributed by atoms with Gasteiger partial charge in [0, 0.05) is 0 Å². The molecule has 0 saturated carbocycles. The summed E-state index contributed by atoms with van der Waals surface area (Å²) in [5.74, 6) is -1.47. The van der Waals surface area contributed by atoms with E-state index in [9.17, 15) is 19.2 Å². The molecule has 0 bridgehead atoms. The lowest BCUT2D eigenvalue weighted by atomic mass is 9.97. The van der Waals surface area contributed by atoms with Crippen molar-refractivity contribution in [2.45, 2.75) is 51.9 Å². The van der Waals surface area contributed by atoms with Crippen molar-refractivity contribution in [1.82, 2.24) is 20.4 Å². The van der Waals surface area contributed by atoms with E-state index in [1.165, 1.54) is 0 Å². The number of hydrogen-bond donors (Lipinski definition) is 2. The Kier molecular flexibility index (Phi) is 4.35. The van der Waals surface area contributed by atoms with Gasteiger partial charge in [0.2, 0.25) is 23.6 Å². The van der Waals surface area contributed by atoms with Gasteiger partial charge < -0.3 is 0 Å². The van der Waals surface area contributed by atoms with E-state index < -0.39 is 17.7 Å². The van der Waals surface area contributed by atoms with E-state index in [0.29, 0.717) is 6.42 Å². The second-order valence-corrected chi connectivity index (χ2v) is 6.00. The van der Waals surface area contributed by atoms with Crippen LogP contribution < -0.4 is 10.6 Å². The van der Waals surface area contributed by atoms with E-state index in [4.69, 9.17) is 0 Å². The van der Waals surface area contributed by atoms with Crippen LogP contribution in [0.3, 0.4) is 0 Å². The molecule has 122 valence electrons. The molecule has 2 saturated heterocycles. The van der Waals surface area contributed by atoms with Crippen LogP contribution in [0.25, 0.3) is 0 Å². The largest absolute Gasteiger partial charge is 0.294 e. The third-order valence-electron chi connectivity index (χ3n) is 4.75. The number of carbonyl (C=O) groups excluding carboxylic acids is 4. The van der Waals surface area contributed by atoms with Gasteiger partial charge in [0.1, 0.15) is 0 Å². The lowest BCUT2D eigenvalue weighted by molar-refractivity contribution is -0.162. The van der Waals surface area contributed by atoms with Crippen molar-refractivity contribution in [1.29, 1.82) is 0 Å². The number of hydrogen-bond acceptors (Lipinski definition) is 6. The van der Waals surface area contributed by atoms with E-state index >= 15 is 0 Å². The molecule has 22 heavy (non-hydrogen) atoms. The zero-order chi connectivity index (χ0) is 16.7. The lowest BCUT2D eigenvalue weighted by Crippen LogP contribution is -2.73. The SMILES string of the molecule is CCC(C)(N1CC(=O)NC(=O)C1C)N1CC(=O)NC(=O)C1C. The molecule has 0 aliphatic carbocycles. The third-order valence-corrected chi connectivity index (χ3v) is 4.75. The highest BCUT2D eigenvalue weighted by molar-refractivity contribution is 6.02. The molecule has 0 radical (unpaired) electrons. The van der Waals surface area contributed by atoms with Gasteiger partial charge in [-0.3, -0.25) is 39.6 Å². The second kappa shape index (κ2) is 5.77. The average Bonchev–Trinajstić information content (AvgIpc) is 2.45. The molecule has 2 unspecified atom stereocenters. The van der Waals surface area contributed by atoms with Crippen LogP contribution in [0.15, 0.2) is 0 Å². The quantitative estimate of drug-likeness (QED) is 0.636. The van der Waals surface area contributed by atoms with Crippen molar-refractivity contribution in [3.05, 3.63) is 0 Å². The van der Waals surface area contributed by atoms with Crippen LogP contribution in [-0.2, 0) is 19.2 Å². The standard InChI is InChI=1S/C14H22N4O4/c1-5-14(4,17-6-10(19)15-12(21)8(17)2)18-7-11(20)16-13(22)9(18)3/h8-9H,5-7H2,1-4H3,(H,15,19,21)(H,16,20,22). The highest BCUT2D eigenvalue weighted by Gasteiger charge is 2.48. The molecule has 8 nitrogen and oxygen atoms in total. The molecule has 0 aromatic heterocycles. The first-order chi connectivity index (χ1) is 10.2. The van der Waals surface area contributed by atoms with Gasteiger partial charge in [0.05, 0.1) is 30.8 Å². The van der Waals surface area contributed by atoms with E-state index in [1.54, 1.807) is 23.6 Å². The fourth-order valence-electron chi connectivity index (χ4n) is 3.18. The highest BCUT2D eigenvalue weighted by Crippen LogP contribution is 2.30. The average molecular weight is 310 g/mol. The molecule has 0 aromatic rings. The molecule has 2 aliphatic heterocycles. The fourth-order valence-corrected chi connectivity index (χ4v) is 3.18. The summed E-state index contributed by atoms with van der Waals surface area (Å²) in [5.41, 5.74) is -0.750. The van der Waals surface area contributed by atoms with Gasteiger partial charge in [-0.25, -0.2) is 0 Å². The van der Waals surface area contributed by atoms with Crippen molar-refractivity contribution in [2.24, 2.45) is 0 Å². The molecule has 8 heteroatoms. The minimum atomic E-state index is -0.750. The van der Waals surface area contributed by atoms with Gasteiger partial charge in [0.25, 0.3) is 0 Å². The highest BCUT2D eigenvalue weighted by atomic mass is 16.2. The summed E-state index contributed by atoms with van der Waals surface area (Å²) in [4.78, 5) is 50.9. The summed E-state index contributed by atoms with van der Waals surface area (Å²) >= 11 is 0. The van der Waals surface area contributed by atoms with Crippen molar-refractivity contribution in [3.8, 4) is 0 Å². The monoisotopic (exact) mass is 310 g/mol. The molecule has 0 spiro atoms. The molecule has 2 heterocycles. The van der Waals surface area contributed by atoms with Crippen LogP contribution in [0.4, 0.5) is 0 Å². The third kappa shape index (κ3) is 2.64. The summed E-state index contributed by atoms with van der Waals surface area (Å²) in [5, 5.41) is 4.61. The summed E-state index contributed by atoms with van der Waals surface area (Å²) in [6, 6.07) is -1.04. The van der Waals surface area contributed by atoms with Gasteiger partial charge in [-0.1, -0.05) is 6.92 Å². The molecule has 2 rings (SSSR count). The molecule has 0 aromatic carbocycles. The van der Waals surface area contributed by atoms with Gasteiger partial charge >= 0.3 is 0 Å². The minimum Gasteiger partial charge on any atom is -0.294 e. The van der Waals surface area contributed by atoms with Crippen LogP contribution in [0.5, 0.6) is 0 Å². The first kappa shape index (κ1) is 16.6. The predicted molar refractivity (Wildman–Crippen MR) is 77.3 cm³/mol. The van der Waals surface area contributed by atoms with Crippen molar-refractivity contribution in [2.75, 3.05) is 13.1 Å². The van der Waals surface area contributed by atoms with Gasteiger partial charge in [0.15, 0.2) is 0 Å².